The van der Waals surface area contributed by atoms with Crippen LogP contribution in [0.3, 0.4) is 0 Å². The Balaban J connectivity index is 2.53. The molecule has 0 saturated carbocycles. The van der Waals surface area contributed by atoms with Gasteiger partial charge in [0.25, 0.3) is 5.69 Å². The smallest absolute Gasteiger partial charge is 0.271 e. The molecule has 17 heavy (non-hydrogen) atoms. The molecule has 6 heteroatoms. The highest BCUT2D eigenvalue weighted by Gasteiger charge is 2.07. The van der Waals surface area contributed by atoms with Crippen molar-refractivity contribution in [3.8, 4) is 0 Å². The van der Waals surface area contributed by atoms with Crippen LogP contribution in [0.15, 0.2) is 24.3 Å². The van der Waals surface area contributed by atoms with Crippen molar-refractivity contribution in [2.24, 2.45) is 0 Å². The van der Waals surface area contributed by atoms with Gasteiger partial charge >= 0.3 is 0 Å². The summed E-state index contributed by atoms with van der Waals surface area (Å²) < 4.78 is 0. The molecule has 0 aliphatic rings. The first-order chi connectivity index (χ1) is 8.13. The van der Waals surface area contributed by atoms with Gasteiger partial charge in [-0.25, -0.2) is 0 Å². The van der Waals surface area contributed by atoms with E-state index in [0.717, 1.165) is 12.2 Å². The Hall–Kier alpha value is -1.56. The number of nitrogens with zero attached hydrogens (tertiary/aromatic N) is 1. The fourth-order valence-electron chi connectivity index (χ4n) is 1.30. The number of nitro groups is 1. The first kappa shape index (κ1) is 13.5. The normalized spacial score (nSPS) is 9.94. The molecule has 92 valence electrons. The summed E-state index contributed by atoms with van der Waals surface area (Å²) in [6.07, 6.45) is 3.23. The number of rotatable bonds is 6. The molecule has 1 rings (SSSR count). The number of non-ortho nitro benzene ring substituents is 1. The largest absolute Gasteiger partial charge is 0.326 e. The first-order valence-corrected chi connectivity index (χ1v) is 6.56. The van der Waals surface area contributed by atoms with Crippen molar-refractivity contribution in [1.29, 1.82) is 0 Å². The first-order valence-electron chi connectivity index (χ1n) is 5.16. The molecule has 0 aliphatic carbocycles. The van der Waals surface area contributed by atoms with Gasteiger partial charge in [-0.05, 0) is 24.5 Å². The lowest BCUT2D eigenvalue weighted by molar-refractivity contribution is -0.384. The summed E-state index contributed by atoms with van der Waals surface area (Å²) in [5, 5.41) is 13.2. The number of benzene rings is 1. The second-order valence-corrected chi connectivity index (χ2v) is 4.44. The highest BCUT2D eigenvalue weighted by molar-refractivity contribution is 7.98. The van der Waals surface area contributed by atoms with Gasteiger partial charge in [-0.15, -0.1) is 0 Å². The molecule has 0 aromatic heterocycles. The Morgan fingerprint density at radius 1 is 1.53 bits per heavy atom. The zero-order valence-electron chi connectivity index (χ0n) is 9.51. The lowest BCUT2D eigenvalue weighted by Crippen LogP contribution is -2.11. The minimum atomic E-state index is -0.483. The molecular formula is C11H14N2O3S. The van der Waals surface area contributed by atoms with Gasteiger partial charge in [0, 0.05) is 24.2 Å². The summed E-state index contributed by atoms with van der Waals surface area (Å²) in [6, 6.07) is 5.94. The van der Waals surface area contributed by atoms with E-state index < -0.39 is 4.92 Å². The number of nitro benzene ring substituents is 1. The zero-order valence-corrected chi connectivity index (χ0v) is 10.3. The van der Waals surface area contributed by atoms with Gasteiger partial charge in [0.1, 0.15) is 0 Å². The topological polar surface area (TPSA) is 72.2 Å². The standard InChI is InChI=1S/C11H14N2O3S/c1-17-7-3-6-11(14)12-9-4-2-5-10(8-9)13(15)16/h2,4-5,8H,3,6-7H2,1H3,(H,12,14). The maximum absolute atomic E-state index is 11.5. The van der Waals surface area contributed by atoms with Crippen molar-refractivity contribution in [1.82, 2.24) is 0 Å². The van der Waals surface area contributed by atoms with E-state index in [1.807, 2.05) is 6.26 Å². The number of nitrogens with one attached hydrogen (secondary N) is 1. The number of thioether (sulfide) groups is 1. The third-order valence-corrected chi connectivity index (χ3v) is 2.79. The van der Waals surface area contributed by atoms with E-state index >= 15 is 0 Å². The molecule has 1 N–H and O–H groups in total. The second kappa shape index (κ2) is 6.90. The third-order valence-electron chi connectivity index (χ3n) is 2.09. The van der Waals surface area contributed by atoms with Crippen LogP contribution in [0.4, 0.5) is 11.4 Å². The van der Waals surface area contributed by atoms with E-state index in [9.17, 15) is 14.9 Å². The quantitative estimate of drug-likeness (QED) is 0.481. The van der Waals surface area contributed by atoms with E-state index in [0.29, 0.717) is 12.1 Å². The highest BCUT2D eigenvalue weighted by Crippen LogP contribution is 2.17. The minimum Gasteiger partial charge on any atom is -0.326 e. The monoisotopic (exact) mass is 254 g/mol. The molecule has 5 nitrogen and oxygen atoms in total. The molecule has 1 aromatic rings. The molecule has 0 atom stereocenters. The predicted octanol–water partition coefficient (Wildman–Crippen LogP) is 2.68. The minimum absolute atomic E-state index is 0.0214. The predicted molar refractivity (Wildman–Crippen MR) is 69.3 cm³/mol. The van der Waals surface area contributed by atoms with Crippen molar-refractivity contribution in [3.63, 3.8) is 0 Å². The number of hydrogen-bond donors (Lipinski definition) is 1. The van der Waals surface area contributed by atoms with Gasteiger partial charge in [0.2, 0.25) is 5.91 Å². The van der Waals surface area contributed by atoms with Crippen LogP contribution in [0.25, 0.3) is 0 Å². The van der Waals surface area contributed by atoms with Crippen LogP contribution < -0.4 is 5.32 Å². The SMILES string of the molecule is CSCCCC(=O)Nc1cccc([N+](=O)[O-])c1. The van der Waals surface area contributed by atoms with Crippen LogP contribution in [0.1, 0.15) is 12.8 Å². The van der Waals surface area contributed by atoms with Crippen molar-refractivity contribution in [2.75, 3.05) is 17.3 Å². The summed E-state index contributed by atoms with van der Waals surface area (Å²) in [4.78, 5) is 21.5. The molecule has 0 bridgehead atoms. The Morgan fingerprint density at radius 2 is 2.29 bits per heavy atom. The van der Waals surface area contributed by atoms with Crippen LogP contribution in [0, 0.1) is 10.1 Å². The molecule has 0 saturated heterocycles. The van der Waals surface area contributed by atoms with Crippen molar-refractivity contribution < 1.29 is 9.72 Å². The average molecular weight is 254 g/mol. The molecular weight excluding hydrogens is 240 g/mol. The summed E-state index contributed by atoms with van der Waals surface area (Å²) >= 11 is 1.69. The van der Waals surface area contributed by atoms with E-state index in [1.54, 1.807) is 23.9 Å². The van der Waals surface area contributed by atoms with Crippen molar-refractivity contribution in [2.45, 2.75) is 12.8 Å². The molecule has 0 spiro atoms. The number of carbonyl (C=O) groups excluding carboxylic acids is 1. The number of anilines is 1. The van der Waals surface area contributed by atoms with Crippen LogP contribution in [-0.4, -0.2) is 22.8 Å². The molecule has 0 fully saturated rings. The van der Waals surface area contributed by atoms with Gasteiger partial charge in [-0.1, -0.05) is 6.07 Å². The van der Waals surface area contributed by atoms with Gasteiger partial charge in [0.15, 0.2) is 0 Å². The Labute approximate surface area is 104 Å². The Kier molecular flexibility index (Phi) is 5.48. The summed E-state index contributed by atoms with van der Waals surface area (Å²) in [5.41, 5.74) is 0.445. The van der Waals surface area contributed by atoms with E-state index in [4.69, 9.17) is 0 Å². The zero-order chi connectivity index (χ0) is 12.7. The van der Waals surface area contributed by atoms with Gasteiger partial charge in [-0.2, -0.15) is 11.8 Å². The highest BCUT2D eigenvalue weighted by atomic mass is 32.2. The van der Waals surface area contributed by atoms with Crippen LogP contribution >= 0.6 is 11.8 Å². The fraction of sp³-hybridized carbons (Fsp3) is 0.364. The fourth-order valence-corrected chi connectivity index (χ4v) is 1.73. The number of amides is 1. The maximum atomic E-state index is 11.5. The summed E-state index contributed by atoms with van der Waals surface area (Å²) in [7, 11) is 0. The Morgan fingerprint density at radius 3 is 2.94 bits per heavy atom. The molecule has 0 unspecified atom stereocenters. The van der Waals surface area contributed by atoms with Gasteiger partial charge in [0.05, 0.1) is 4.92 Å². The van der Waals surface area contributed by atoms with Crippen molar-refractivity contribution in [3.05, 3.63) is 34.4 Å². The average Bonchev–Trinajstić information content (AvgIpc) is 2.29. The lowest BCUT2D eigenvalue weighted by atomic mass is 10.2. The second-order valence-electron chi connectivity index (χ2n) is 3.45. The van der Waals surface area contributed by atoms with E-state index in [2.05, 4.69) is 5.32 Å². The Bertz CT molecular complexity index is 409. The number of carbonyl (C=O) groups is 1. The van der Waals surface area contributed by atoms with Gasteiger partial charge in [-0.3, -0.25) is 14.9 Å². The van der Waals surface area contributed by atoms with Crippen LogP contribution in [0.5, 0.6) is 0 Å². The third kappa shape index (κ3) is 4.86. The summed E-state index contributed by atoms with van der Waals surface area (Å²) in [6.45, 7) is 0. The number of hydrogen-bond acceptors (Lipinski definition) is 4. The molecule has 1 aromatic carbocycles. The molecule has 0 radical (unpaired) electrons. The van der Waals surface area contributed by atoms with E-state index in [1.165, 1.54) is 12.1 Å². The van der Waals surface area contributed by atoms with E-state index in [-0.39, 0.29) is 11.6 Å². The van der Waals surface area contributed by atoms with Gasteiger partial charge < -0.3 is 5.32 Å². The lowest BCUT2D eigenvalue weighted by Gasteiger charge is -2.04. The molecule has 0 aliphatic heterocycles. The van der Waals surface area contributed by atoms with Crippen LogP contribution in [-0.2, 0) is 4.79 Å². The van der Waals surface area contributed by atoms with Crippen LogP contribution in [0.2, 0.25) is 0 Å². The maximum Gasteiger partial charge on any atom is 0.271 e. The molecule has 0 heterocycles. The molecule has 1 amide bonds. The summed E-state index contributed by atoms with van der Waals surface area (Å²) in [5.74, 6) is 0.821. The van der Waals surface area contributed by atoms with Crippen molar-refractivity contribution >= 4 is 29.0 Å².